The highest BCUT2D eigenvalue weighted by Crippen LogP contribution is 2.23. The van der Waals surface area contributed by atoms with Crippen LogP contribution < -0.4 is 10.0 Å². The number of benzene rings is 2. The molecule has 2 aromatic carbocycles. The molecule has 0 heterocycles. The topological polar surface area (TPSA) is 113 Å². The standard InChI is InChI=1S/C19H20N2O5S/c22-18(23)12-17(13-5-2-1-3-6-13)20-19(24)14-7-4-8-16(11-14)27(25,26)21-15-9-10-15/h1-8,11,15,17,21H,9-10,12H2,(H,20,24)(H,22,23). The van der Waals surface area contributed by atoms with Crippen LogP contribution in [-0.2, 0) is 14.8 Å². The van der Waals surface area contributed by atoms with Crippen molar-refractivity contribution in [1.29, 1.82) is 0 Å². The number of hydrogen-bond donors (Lipinski definition) is 3. The highest BCUT2D eigenvalue weighted by Gasteiger charge is 2.28. The summed E-state index contributed by atoms with van der Waals surface area (Å²) in [5, 5.41) is 11.8. The zero-order valence-corrected chi connectivity index (χ0v) is 15.3. The second-order valence-corrected chi connectivity index (χ2v) is 8.17. The normalized spacial score (nSPS) is 15.1. The Balaban J connectivity index is 1.80. The van der Waals surface area contributed by atoms with Crippen molar-refractivity contribution in [2.75, 3.05) is 0 Å². The summed E-state index contributed by atoms with van der Waals surface area (Å²) in [5.74, 6) is -1.58. The van der Waals surface area contributed by atoms with Gasteiger partial charge in [-0.15, -0.1) is 0 Å². The van der Waals surface area contributed by atoms with E-state index in [0.717, 1.165) is 12.8 Å². The third-order valence-corrected chi connectivity index (χ3v) is 5.71. The zero-order valence-electron chi connectivity index (χ0n) is 14.5. The SMILES string of the molecule is O=C(O)CC(NC(=O)c1cccc(S(=O)(=O)NC2CC2)c1)c1ccccc1. The van der Waals surface area contributed by atoms with Crippen LogP contribution in [0.25, 0.3) is 0 Å². The molecule has 0 bridgehead atoms. The van der Waals surface area contributed by atoms with Crippen molar-refractivity contribution in [3.63, 3.8) is 0 Å². The summed E-state index contributed by atoms with van der Waals surface area (Å²) < 4.78 is 27.2. The minimum atomic E-state index is -3.68. The van der Waals surface area contributed by atoms with Crippen molar-refractivity contribution in [3.05, 3.63) is 65.7 Å². The maximum Gasteiger partial charge on any atom is 0.305 e. The number of amides is 1. The van der Waals surface area contributed by atoms with Gasteiger partial charge < -0.3 is 10.4 Å². The van der Waals surface area contributed by atoms with Crippen LogP contribution in [0.2, 0.25) is 0 Å². The summed E-state index contributed by atoms with van der Waals surface area (Å²) in [5.41, 5.74) is 0.812. The zero-order chi connectivity index (χ0) is 19.4. The molecule has 0 radical (unpaired) electrons. The summed E-state index contributed by atoms with van der Waals surface area (Å²) >= 11 is 0. The van der Waals surface area contributed by atoms with Gasteiger partial charge in [0.1, 0.15) is 0 Å². The summed E-state index contributed by atoms with van der Waals surface area (Å²) in [6.07, 6.45) is 1.34. The van der Waals surface area contributed by atoms with Crippen LogP contribution in [0.3, 0.4) is 0 Å². The Morgan fingerprint density at radius 1 is 1.07 bits per heavy atom. The first kappa shape index (κ1) is 19.1. The third kappa shape index (κ3) is 5.15. The van der Waals surface area contributed by atoms with Gasteiger partial charge in [0.15, 0.2) is 0 Å². The van der Waals surface area contributed by atoms with Crippen LogP contribution in [0.5, 0.6) is 0 Å². The van der Waals surface area contributed by atoms with Crippen LogP contribution in [-0.4, -0.2) is 31.4 Å². The maximum absolute atomic E-state index is 12.6. The Labute approximate surface area is 157 Å². The lowest BCUT2D eigenvalue weighted by Gasteiger charge is -2.18. The number of nitrogens with one attached hydrogen (secondary N) is 2. The summed E-state index contributed by atoms with van der Waals surface area (Å²) in [4.78, 5) is 23.8. The number of aliphatic carboxylic acids is 1. The lowest BCUT2D eigenvalue weighted by Crippen LogP contribution is -2.30. The van der Waals surface area contributed by atoms with Crippen molar-refractivity contribution < 1.29 is 23.1 Å². The molecule has 1 amide bonds. The van der Waals surface area contributed by atoms with E-state index in [1.807, 2.05) is 0 Å². The lowest BCUT2D eigenvalue weighted by molar-refractivity contribution is -0.137. The molecular formula is C19H20N2O5S. The average molecular weight is 388 g/mol. The molecule has 3 N–H and O–H groups in total. The maximum atomic E-state index is 12.6. The van der Waals surface area contributed by atoms with E-state index in [0.29, 0.717) is 5.56 Å². The minimum Gasteiger partial charge on any atom is -0.481 e. The molecule has 1 fully saturated rings. The number of hydrogen-bond acceptors (Lipinski definition) is 4. The van der Waals surface area contributed by atoms with Crippen molar-refractivity contribution in [2.45, 2.75) is 36.2 Å². The van der Waals surface area contributed by atoms with Gasteiger partial charge in [0.2, 0.25) is 10.0 Å². The first-order valence-corrected chi connectivity index (χ1v) is 10.0. The predicted molar refractivity (Wildman–Crippen MR) is 98.7 cm³/mol. The van der Waals surface area contributed by atoms with Crippen molar-refractivity contribution in [1.82, 2.24) is 10.0 Å². The molecular weight excluding hydrogens is 368 g/mol. The van der Waals surface area contributed by atoms with Crippen LogP contribution in [0.15, 0.2) is 59.5 Å². The number of carboxylic acids is 1. The highest BCUT2D eigenvalue weighted by atomic mass is 32.2. The highest BCUT2D eigenvalue weighted by molar-refractivity contribution is 7.89. The molecule has 0 spiro atoms. The molecule has 142 valence electrons. The second-order valence-electron chi connectivity index (χ2n) is 6.46. The largest absolute Gasteiger partial charge is 0.481 e. The second kappa shape index (κ2) is 7.89. The Hall–Kier alpha value is -2.71. The fraction of sp³-hybridized carbons (Fsp3) is 0.263. The molecule has 27 heavy (non-hydrogen) atoms. The van der Waals surface area contributed by atoms with E-state index < -0.39 is 27.9 Å². The van der Waals surface area contributed by atoms with E-state index in [9.17, 15) is 18.0 Å². The molecule has 1 aliphatic carbocycles. The average Bonchev–Trinajstić information content (AvgIpc) is 3.45. The van der Waals surface area contributed by atoms with Gasteiger partial charge in [-0.05, 0) is 36.6 Å². The van der Waals surface area contributed by atoms with Gasteiger partial charge in [-0.2, -0.15) is 0 Å². The lowest BCUT2D eigenvalue weighted by atomic mass is 10.0. The number of carbonyl (C=O) groups is 2. The molecule has 3 rings (SSSR count). The Bertz CT molecular complexity index is 940. The minimum absolute atomic E-state index is 0.0107. The number of sulfonamides is 1. The van der Waals surface area contributed by atoms with E-state index in [2.05, 4.69) is 10.0 Å². The van der Waals surface area contributed by atoms with Gasteiger partial charge in [0, 0.05) is 11.6 Å². The molecule has 0 saturated heterocycles. The van der Waals surface area contributed by atoms with Crippen LogP contribution >= 0.6 is 0 Å². The third-order valence-electron chi connectivity index (χ3n) is 4.19. The quantitative estimate of drug-likeness (QED) is 0.641. The van der Waals surface area contributed by atoms with Crippen LogP contribution in [0.1, 0.15) is 41.2 Å². The first-order chi connectivity index (χ1) is 12.8. The number of carboxylic acid groups (broad SMARTS) is 1. The van der Waals surface area contributed by atoms with Gasteiger partial charge in [-0.3, -0.25) is 9.59 Å². The number of carbonyl (C=O) groups excluding carboxylic acids is 1. The Morgan fingerprint density at radius 3 is 2.41 bits per heavy atom. The van der Waals surface area contributed by atoms with Crippen molar-refractivity contribution >= 4 is 21.9 Å². The molecule has 2 aromatic rings. The van der Waals surface area contributed by atoms with Gasteiger partial charge in [0.05, 0.1) is 17.4 Å². The van der Waals surface area contributed by atoms with Gasteiger partial charge >= 0.3 is 5.97 Å². The molecule has 8 heteroatoms. The molecule has 1 saturated carbocycles. The number of rotatable bonds is 8. The summed E-state index contributed by atoms with van der Waals surface area (Å²) in [6.45, 7) is 0. The molecule has 1 aliphatic rings. The molecule has 7 nitrogen and oxygen atoms in total. The van der Waals surface area contributed by atoms with Crippen LogP contribution in [0.4, 0.5) is 0 Å². The predicted octanol–water partition coefficient (Wildman–Crippen LogP) is 2.07. The van der Waals surface area contributed by atoms with Crippen LogP contribution in [0, 0.1) is 0 Å². The molecule has 0 aliphatic heterocycles. The molecule has 1 atom stereocenters. The fourth-order valence-corrected chi connectivity index (χ4v) is 4.00. The van der Waals surface area contributed by atoms with E-state index >= 15 is 0 Å². The van der Waals surface area contributed by atoms with Crippen molar-refractivity contribution in [2.24, 2.45) is 0 Å². The summed E-state index contributed by atoms with van der Waals surface area (Å²) in [7, 11) is -3.68. The Kier molecular flexibility index (Phi) is 5.57. The van der Waals surface area contributed by atoms with Gasteiger partial charge in [-0.25, -0.2) is 13.1 Å². The summed E-state index contributed by atoms with van der Waals surface area (Å²) in [6, 6.07) is 13.7. The van der Waals surface area contributed by atoms with Gasteiger partial charge in [-0.1, -0.05) is 36.4 Å². The smallest absolute Gasteiger partial charge is 0.305 e. The molecule has 0 aromatic heterocycles. The first-order valence-electron chi connectivity index (χ1n) is 8.55. The van der Waals surface area contributed by atoms with E-state index in [-0.39, 0.29) is 22.9 Å². The monoisotopic (exact) mass is 388 g/mol. The van der Waals surface area contributed by atoms with E-state index in [1.165, 1.54) is 24.3 Å². The van der Waals surface area contributed by atoms with E-state index in [1.54, 1.807) is 30.3 Å². The molecule has 1 unspecified atom stereocenters. The Morgan fingerprint density at radius 2 is 1.78 bits per heavy atom. The van der Waals surface area contributed by atoms with E-state index in [4.69, 9.17) is 5.11 Å². The van der Waals surface area contributed by atoms with Crippen molar-refractivity contribution in [3.8, 4) is 0 Å². The fourth-order valence-electron chi connectivity index (χ4n) is 2.65. The van der Waals surface area contributed by atoms with Gasteiger partial charge in [0.25, 0.3) is 5.91 Å².